The fourth-order valence-corrected chi connectivity index (χ4v) is 4.76. The van der Waals surface area contributed by atoms with Crippen LogP contribution in [0.4, 0.5) is 5.13 Å². The molecule has 2 aromatic rings. The first kappa shape index (κ1) is 21.5. The van der Waals surface area contributed by atoms with Crippen LogP contribution >= 0.6 is 11.3 Å². The van der Waals surface area contributed by atoms with Crippen molar-refractivity contribution < 1.29 is 32.6 Å². The molecule has 2 heterocycles. The summed E-state index contributed by atoms with van der Waals surface area (Å²) in [5.41, 5.74) is -0.384. The summed E-state index contributed by atoms with van der Waals surface area (Å²) in [5, 5.41) is 11.5. The quantitative estimate of drug-likeness (QED) is 0.633. The van der Waals surface area contributed by atoms with Gasteiger partial charge in [-0.3, -0.25) is 24.0 Å². The molecule has 12 heteroatoms. The van der Waals surface area contributed by atoms with Gasteiger partial charge in [0.15, 0.2) is 16.6 Å². The first-order valence-corrected chi connectivity index (χ1v) is 10.9. The van der Waals surface area contributed by atoms with Crippen LogP contribution in [-0.4, -0.2) is 47.7 Å². The Morgan fingerprint density at radius 2 is 1.93 bits per heavy atom. The van der Waals surface area contributed by atoms with E-state index in [0.29, 0.717) is 0 Å². The maximum atomic E-state index is 12.9. The minimum Gasteiger partial charge on any atom is -0.481 e. The number of sulfonamides is 1. The lowest BCUT2D eigenvalue weighted by Crippen LogP contribution is -2.38. The lowest BCUT2D eigenvalue weighted by atomic mass is 10.1. The van der Waals surface area contributed by atoms with Crippen molar-refractivity contribution in [2.75, 3.05) is 12.4 Å². The van der Waals surface area contributed by atoms with Gasteiger partial charge >= 0.3 is 11.9 Å². The Kier molecular flexibility index (Phi) is 5.89. The van der Waals surface area contributed by atoms with Crippen molar-refractivity contribution in [2.45, 2.75) is 24.7 Å². The molecule has 3 rings (SSSR count). The van der Waals surface area contributed by atoms with E-state index in [1.807, 2.05) is 0 Å². The topological polar surface area (TPSA) is 143 Å². The van der Waals surface area contributed by atoms with E-state index in [1.54, 1.807) is 6.92 Å². The van der Waals surface area contributed by atoms with Crippen molar-refractivity contribution in [2.24, 2.45) is 0 Å². The Labute approximate surface area is 175 Å². The highest BCUT2D eigenvalue weighted by Crippen LogP contribution is 2.37. The van der Waals surface area contributed by atoms with Crippen molar-refractivity contribution in [3.63, 3.8) is 0 Å². The number of carboxylic acid groups (broad SMARTS) is 1. The van der Waals surface area contributed by atoms with Crippen LogP contribution in [0, 0.1) is 6.92 Å². The monoisotopic (exact) mass is 451 g/mol. The average molecular weight is 451 g/mol. The molecule has 30 heavy (non-hydrogen) atoms. The number of benzene rings is 1. The minimum absolute atomic E-state index is 0.0275. The van der Waals surface area contributed by atoms with Crippen molar-refractivity contribution in [3.8, 4) is 0 Å². The van der Waals surface area contributed by atoms with E-state index in [2.05, 4.69) is 10.3 Å². The predicted molar refractivity (Wildman–Crippen MR) is 107 cm³/mol. The predicted octanol–water partition coefficient (Wildman–Crippen LogP) is 1.80. The van der Waals surface area contributed by atoms with Gasteiger partial charge in [-0.2, -0.15) is 0 Å². The van der Waals surface area contributed by atoms with E-state index in [-0.39, 0.29) is 21.3 Å². The van der Waals surface area contributed by atoms with Crippen LogP contribution in [0.25, 0.3) is 5.76 Å². The van der Waals surface area contributed by atoms with E-state index in [4.69, 9.17) is 9.84 Å². The summed E-state index contributed by atoms with van der Waals surface area (Å²) in [7, 11) is -2.92. The first-order chi connectivity index (χ1) is 14.1. The molecule has 0 saturated carbocycles. The Balaban J connectivity index is 2.09. The second-order valence-electron chi connectivity index (χ2n) is 6.24. The number of anilines is 1. The summed E-state index contributed by atoms with van der Waals surface area (Å²) in [6.45, 7) is 1.79. The number of nitrogens with one attached hydrogen (secondary N) is 1. The second-order valence-corrected chi connectivity index (χ2v) is 9.42. The van der Waals surface area contributed by atoms with Crippen LogP contribution in [0.5, 0.6) is 0 Å². The van der Waals surface area contributed by atoms with Gasteiger partial charge in [0, 0.05) is 23.7 Å². The fourth-order valence-electron chi connectivity index (χ4n) is 2.71. The summed E-state index contributed by atoms with van der Waals surface area (Å²) >= 11 is 1.19. The van der Waals surface area contributed by atoms with Gasteiger partial charge in [0.1, 0.15) is 0 Å². The Morgan fingerprint density at radius 3 is 2.57 bits per heavy atom. The van der Waals surface area contributed by atoms with E-state index >= 15 is 0 Å². The van der Waals surface area contributed by atoms with Crippen molar-refractivity contribution >= 4 is 50.1 Å². The van der Waals surface area contributed by atoms with Gasteiger partial charge in [-0.15, -0.1) is 11.3 Å². The Bertz CT molecular complexity index is 1170. The van der Waals surface area contributed by atoms with Crippen LogP contribution in [-0.2, 0) is 29.1 Å². The number of thiazole rings is 1. The molecule has 158 valence electrons. The number of hydrogen-bond acceptors (Lipinski definition) is 8. The normalized spacial score (nSPS) is 14.8. The summed E-state index contributed by atoms with van der Waals surface area (Å²) < 4.78 is 31.8. The first-order valence-electron chi connectivity index (χ1n) is 8.60. The number of aryl methyl sites for hydroxylation is 1. The van der Waals surface area contributed by atoms with E-state index in [0.717, 1.165) is 9.18 Å². The van der Waals surface area contributed by atoms with Crippen LogP contribution in [0.2, 0.25) is 0 Å². The zero-order valence-corrected chi connectivity index (χ0v) is 17.5. The van der Waals surface area contributed by atoms with Crippen LogP contribution in [0.3, 0.4) is 0 Å². The number of aliphatic carboxylic acids is 1. The largest absolute Gasteiger partial charge is 0.481 e. The van der Waals surface area contributed by atoms with E-state index in [1.165, 1.54) is 48.8 Å². The molecule has 0 unspecified atom stereocenters. The molecule has 0 spiro atoms. The lowest BCUT2D eigenvalue weighted by molar-refractivity contribution is -0.143. The van der Waals surface area contributed by atoms with Gasteiger partial charge in [0.25, 0.3) is 15.9 Å². The van der Waals surface area contributed by atoms with Gasteiger partial charge in [-0.1, -0.05) is 12.1 Å². The van der Waals surface area contributed by atoms with E-state index in [9.17, 15) is 22.8 Å². The molecule has 0 aliphatic carbocycles. The second kappa shape index (κ2) is 8.24. The van der Waals surface area contributed by atoms with E-state index < -0.39 is 46.4 Å². The molecular formula is C18H17N3O7S2. The van der Waals surface area contributed by atoms with Crippen LogP contribution < -0.4 is 5.32 Å². The lowest BCUT2D eigenvalue weighted by Gasteiger charge is -2.29. The summed E-state index contributed by atoms with van der Waals surface area (Å²) in [6, 6.07) is 5.76. The number of amides is 1. The van der Waals surface area contributed by atoms with Gasteiger partial charge in [-0.05, 0) is 19.1 Å². The molecular weight excluding hydrogens is 434 g/mol. The number of aromatic nitrogens is 1. The van der Waals surface area contributed by atoms with Gasteiger partial charge in [0.05, 0.1) is 17.7 Å². The number of carbonyl (C=O) groups is 3. The number of nitrogens with zero attached hydrogens (tertiary/aromatic N) is 2. The zero-order chi connectivity index (χ0) is 22.1. The third kappa shape index (κ3) is 4.19. The highest BCUT2D eigenvalue weighted by Gasteiger charge is 2.39. The number of carbonyl (C=O) groups excluding carboxylic acids is 2. The van der Waals surface area contributed by atoms with Gasteiger partial charge < -0.3 is 9.84 Å². The molecule has 2 N–H and O–H groups in total. The smallest absolute Gasteiger partial charge is 0.311 e. The maximum Gasteiger partial charge on any atom is 0.311 e. The number of ether oxygens (including phenoxy) is 1. The maximum absolute atomic E-state index is 12.9. The molecule has 0 fully saturated rings. The number of likely N-dealkylation sites (N-methyl/N-ethyl adjacent to an activating group) is 1. The fraction of sp³-hybridized carbons (Fsp3) is 0.222. The molecule has 0 bridgehead atoms. The number of hydrogen-bond donors (Lipinski definition) is 2. The summed E-state index contributed by atoms with van der Waals surface area (Å²) in [6.07, 6.45) is 0.623. The van der Waals surface area contributed by atoms with Gasteiger partial charge in [0.2, 0.25) is 0 Å². The molecule has 1 aromatic heterocycles. The Morgan fingerprint density at radius 1 is 1.23 bits per heavy atom. The molecule has 10 nitrogen and oxygen atoms in total. The number of rotatable bonds is 6. The van der Waals surface area contributed by atoms with Crippen LogP contribution in [0.15, 0.2) is 41.1 Å². The van der Waals surface area contributed by atoms with Crippen LogP contribution in [0.1, 0.15) is 23.3 Å². The molecule has 1 aliphatic heterocycles. The minimum atomic E-state index is -4.08. The van der Waals surface area contributed by atoms with Crippen molar-refractivity contribution in [1.29, 1.82) is 0 Å². The molecule has 0 radical (unpaired) electrons. The van der Waals surface area contributed by atoms with Crippen molar-refractivity contribution in [1.82, 2.24) is 9.29 Å². The molecule has 1 aliphatic rings. The molecule has 1 amide bonds. The standard InChI is InChI=1S/C18H17N3O7S2/c1-10-9-19-18(29-10)20-17(25)15-16(28-14(24)8-7-13(22)23)11-5-3-4-6-12(11)30(26,27)21(15)2/h3-6,9H,7-8H2,1-2H3,(H,22,23)(H,19,20,25). The molecule has 1 aromatic carbocycles. The molecule has 0 atom stereocenters. The third-order valence-corrected chi connectivity index (χ3v) is 6.76. The zero-order valence-electron chi connectivity index (χ0n) is 15.9. The SMILES string of the molecule is Cc1cnc(NC(=O)C2=C(OC(=O)CCC(=O)O)c3ccccc3S(=O)(=O)N2C)s1. The highest BCUT2D eigenvalue weighted by molar-refractivity contribution is 7.89. The number of esters is 1. The highest BCUT2D eigenvalue weighted by atomic mass is 32.2. The Hall–Kier alpha value is -3.25. The summed E-state index contributed by atoms with van der Waals surface area (Å²) in [4.78, 5) is 40.6. The number of carboxylic acids is 1. The molecule has 0 saturated heterocycles. The van der Waals surface area contributed by atoms with Gasteiger partial charge in [-0.25, -0.2) is 13.4 Å². The third-order valence-electron chi connectivity index (χ3n) is 4.12. The average Bonchev–Trinajstić information content (AvgIpc) is 3.09. The number of fused-ring (bicyclic) bond motifs is 1. The van der Waals surface area contributed by atoms with Crippen molar-refractivity contribution in [3.05, 3.63) is 46.6 Å². The summed E-state index contributed by atoms with van der Waals surface area (Å²) in [5.74, 6) is -3.22.